The molecule has 0 aliphatic rings. The van der Waals surface area contributed by atoms with Crippen molar-refractivity contribution >= 4 is 34.9 Å². The van der Waals surface area contributed by atoms with Crippen molar-refractivity contribution in [3.05, 3.63) is 52.1 Å². The first kappa shape index (κ1) is 12.7. The van der Waals surface area contributed by atoms with E-state index in [-0.39, 0.29) is 16.5 Å². The van der Waals surface area contributed by atoms with Gasteiger partial charge in [0.05, 0.1) is 10.0 Å². The van der Waals surface area contributed by atoms with Crippen LogP contribution < -0.4 is 5.32 Å². The van der Waals surface area contributed by atoms with Crippen molar-refractivity contribution in [3.63, 3.8) is 0 Å². The van der Waals surface area contributed by atoms with Crippen molar-refractivity contribution in [2.75, 3.05) is 5.32 Å². The zero-order valence-corrected chi connectivity index (χ0v) is 10.3. The molecule has 0 spiro atoms. The van der Waals surface area contributed by atoms with Crippen LogP contribution in [0, 0.1) is 5.95 Å². The van der Waals surface area contributed by atoms with Crippen molar-refractivity contribution in [1.82, 2.24) is 9.97 Å². The van der Waals surface area contributed by atoms with Crippen LogP contribution in [0.1, 0.15) is 10.5 Å². The lowest BCUT2D eigenvalue weighted by atomic mass is 10.3. The standard InChI is InChI=1S/C11H6Cl2FN3O/c12-6-4-7(13)10(15-5-6)11(18)17-9-3-1-2-8(14)16-9/h1-5H,(H,16,17,18). The van der Waals surface area contributed by atoms with Gasteiger partial charge in [0.15, 0.2) is 0 Å². The lowest BCUT2D eigenvalue weighted by Crippen LogP contribution is -2.15. The summed E-state index contributed by atoms with van der Waals surface area (Å²) < 4.78 is 12.8. The summed E-state index contributed by atoms with van der Waals surface area (Å²) in [6.07, 6.45) is 1.29. The Kier molecular flexibility index (Phi) is 3.74. The molecule has 2 aromatic rings. The molecule has 0 aliphatic heterocycles. The molecule has 1 amide bonds. The first-order valence-corrected chi connectivity index (χ1v) is 5.57. The summed E-state index contributed by atoms with van der Waals surface area (Å²) in [5.74, 6) is -1.20. The average molecular weight is 286 g/mol. The molecule has 4 nitrogen and oxygen atoms in total. The molecule has 0 saturated heterocycles. The van der Waals surface area contributed by atoms with Gasteiger partial charge in [-0.25, -0.2) is 9.97 Å². The number of hydrogen-bond donors (Lipinski definition) is 1. The summed E-state index contributed by atoms with van der Waals surface area (Å²) in [5.41, 5.74) is -0.00729. The summed E-state index contributed by atoms with van der Waals surface area (Å²) in [7, 11) is 0. The van der Waals surface area contributed by atoms with Crippen LogP contribution in [0.5, 0.6) is 0 Å². The molecule has 0 bridgehead atoms. The lowest BCUT2D eigenvalue weighted by molar-refractivity contribution is 0.102. The number of rotatable bonds is 2. The van der Waals surface area contributed by atoms with Crippen LogP contribution in [0.15, 0.2) is 30.5 Å². The fraction of sp³-hybridized carbons (Fsp3) is 0. The summed E-state index contributed by atoms with van der Waals surface area (Å²) in [4.78, 5) is 19.1. The molecule has 2 rings (SSSR count). The highest BCUT2D eigenvalue weighted by Gasteiger charge is 2.13. The summed E-state index contributed by atoms with van der Waals surface area (Å²) >= 11 is 11.5. The smallest absolute Gasteiger partial charge is 0.276 e. The Morgan fingerprint density at radius 2 is 2.11 bits per heavy atom. The number of anilines is 1. The number of pyridine rings is 2. The van der Waals surface area contributed by atoms with Crippen molar-refractivity contribution in [2.24, 2.45) is 0 Å². The van der Waals surface area contributed by atoms with Crippen LogP contribution >= 0.6 is 23.2 Å². The topological polar surface area (TPSA) is 54.9 Å². The van der Waals surface area contributed by atoms with Gasteiger partial charge in [0.25, 0.3) is 5.91 Å². The maximum atomic E-state index is 12.8. The van der Waals surface area contributed by atoms with Gasteiger partial charge in [-0.05, 0) is 18.2 Å². The van der Waals surface area contributed by atoms with Gasteiger partial charge < -0.3 is 5.32 Å². The van der Waals surface area contributed by atoms with E-state index in [0.29, 0.717) is 5.02 Å². The van der Waals surface area contributed by atoms with Crippen molar-refractivity contribution < 1.29 is 9.18 Å². The SMILES string of the molecule is O=C(Nc1cccc(F)n1)c1ncc(Cl)cc1Cl. The molecule has 0 radical (unpaired) electrons. The molecule has 92 valence electrons. The van der Waals surface area contributed by atoms with Gasteiger partial charge in [0.1, 0.15) is 11.5 Å². The molecule has 0 aliphatic carbocycles. The Bertz CT molecular complexity index is 607. The molecule has 7 heteroatoms. The van der Waals surface area contributed by atoms with Crippen molar-refractivity contribution in [1.29, 1.82) is 0 Å². The first-order chi connectivity index (χ1) is 8.56. The number of carbonyl (C=O) groups is 1. The average Bonchev–Trinajstić information content (AvgIpc) is 2.28. The maximum absolute atomic E-state index is 12.8. The van der Waals surface area contributed by atoms with Crippen LogP contribution in [-0.4, -0.2) is 15.9 Å². The van der Waals surface area contributed by atoms with Crippen LogP contribution in [0.25, 0.3) is 0 Å². The van der Waals surface area contributed by atoms with Crippen LogP contribution in [0.3, 0.4) is 0 Å². The van der Waals surface area contributed by atoms with E-state index < -0.39 is 11.9 Å². The van der Waals surface area contributed by atoms with E-state index in [1.165, 1.54) is 30.5 Å². The van der Waals surface area contributed by atoms with Gasteiger partial charge in [-0.1, -0.05) is 29.3 Å². The minimum atomic E-state index is -0.692. The molecule has 0 fully saturated rings. The predicted octanol–water partition coefficient (Wildman–Crippen LogP) is 3.17. The number of nitrogens with zero attached hydrogens (tertiary/aromatic N) is 2. The third kappa shape index (κ3) is 2.94. The minimum Gasteiger partial charge on any atom is -0.305 e. The first-order valence-electron chi connectivity index (χ1n) is 4.81. The second kappa shape index (κ2) is 5.29. The number of carbonyl (C=O) groups excluding carboxylic acids is 1. The third-order valence-electron chi connectivity index (χ3n) is 1.98. The Hall–Kier alpha value is -1.72. The number of halogens is 3. The van der Waals surface area contributed by atoms with Crippen molar-refractivity contribution in [2.45, 2.75) is 0 Å². The second-order valence-electron chi connectivity index (χ2n) is 3.28. The third-order valence-corrected chi connectivity index (χ3v) is 2.47. The van der Waals surface area contributed by atoms with Crippen LogP contribution in [0.2, 0.25) is 10.0 Å². The molecule has 2 heterocycles. The zero-order chi connectivity index (χ0) is 13.1. The molecule has 18 heavy (non-hydrogen) atoms. The normalized spacial score (nSPS) is 10.2. The minimum absolute atomic E-state index is 0.00729. The highest BCUT2D eigenvalue weighted by molar-refractivity contribution is 6.36. The zero-order valence-electron chi connectivity index (χ0n) is 8.82. The number of nitrogens with one attached hydrogen (secondary N) is 1. The number of hydrogen-bond acceptors (Lipinski definition) is 3. The van der Waals surface area contributed by atoms with E-state index in [1.807, 2.05) is 0 Å². The highest BCUT2D eigenvalue weighted by atomic mass is 35.5. The molecule has 2 aromatic heterocycles. The van der Waals surface area contributed by atoms with E-state index in [9.17, 15) is 9.18 Å². The van der Waals surface area contributed by atoms with Gasteiger partial charge in [0, 0.05) is 6.20 Å². The largest absolute Gasteiger partial charge is 0.305 e. The Morgan fingerprint density at radius 3 is 2.78 bits per heavy atom. The van der Waals surface area contributed by atoms with Crippen LogP contribution in [0.4, 0.5) is 10.2 Å². The summed E-state index contributed by atoms with van der Waals surface area (Å²) in [6, 6.07) is 5.44. The van der Waals surface area contributed by atoms with E-state index in [2.05, 4.69) is 15.3 Å². The molecule has 0 atom stereocenters. The van der Waals surface area contributed by atoms with Gasteiger partial charge in [-0.15, -0.1) is 0 Å². The number of aromatic nitrogens is 2. The van der Waals surface area contributed by atoms with Gasteiger partial charge in [-0.2, -0.15) is 4.39 Å². The molecule has 0 saturated carbocycles. The molecular formula is C11H6Cl2FN3O. The molecular weight excluding hydrogens is 280 g/mol. The van der Waals surface area contributed by atoms with Crippen LogP contribution in [-0.2, 0) is 0 Å². The van der Waals surface area contributed by atoms with E-state index in [0.717, 1.165) is 0 Å². The van der Waals surface area contributed by atoms with Crippen molar-refractivity contribution in [3.8, 4) is 0 Å². The fourth-order valence-electron chi connectivity index (χ4n) is 1.24. The Balaban J connectivity index is 2.22. The summed E-state index contributed by atoms with van der Waals surface area (Å²) in [6.45, 7) is 0. The van der Waals surface area contributed by atoms with Gasteiger partial charge >= 0.3 is 0 Å². The Labute approximate surface area is 112 Å². The maximum Gasteiger partial charge on any atom is 0.276 e. The fourth-order valence-corrected chi connectivity index (χ4v) is 1.70. The predicted molar refractivity (Wildman–Crippen MR) is 66.4 cm³/mol. The van der Waals surface area contributed by atoms with Gasteiger partial charge in [0.2, 0.25) is 5.95 Å². The summed E-state index contributed by atoms with van der Waals surface area (Å²) in [5, 5.41) is 2.81. The molecule has 1 N–H and O–H groups in total. The van der Waals surface area contributed by atoms with E-state index in [1.54, 1.807) is 0 Å². The monoisotopic (exact) mass is 285 g/mol. The Morgan fingerprint density at radius 1 is 1.33 bits per heavy atom. The number of amides is 1. The highest BCUT2D eigenvalue weighted by Crippen LogP contribution is 2.19. The second-order valence-corrected chi connectivity index (χ2v) is 4.13. The quantitative estimate of drug-likeness (QED) is 0.863. The van der Waals surface area contributed by atoms with E-state index in [4.69, 9.17) is 23.2 Å². The molecule has 0 aromatic carbocycles. The lowest BCUT2D eigenvalue weighted by Gasteiger charge is -2.05. The van der Waals surface area contributed by atoms with E-state index >= 15 is 0 Å². The molecule has 0 unspecified atom stereocenters. The van der Waals surface area contributed by atoms with Gasteiger partial charge in [-0.3, -0.25) is 4.79 Å².